The van der Waals surface area contributed by atoms with E-state index in [2.05, 4.69) is 126 Å². The first kappa shape index (κ1) is 21.0. The number of hydrogen-bond acceptors (Lipinski definition) is 0. The van der Waals surface area contributed by atoms with E-state index in [1.807, 2.05) is 12.1 Å². The number of hydrogen-bond donors (Lipinski definition) is 0. The molecule has 170 valence electrons. The monoisotopic (exact) mass is 479 g/mol. The number of halogens is 1. The maximum Gasteiger partial charge on any atom is 0.0547 e. The second kappa shape index (κ2) is 8.41. The van der Waals surface area contributed by atoms with Gasteiger partial charge in [0.15, 0.2) is 0 Å². The van der Waals surface area contributed by atoms with Gasteiger partial charge >= 0.3 is 0 Å². The Bertz CT molecular complexity index is 1880. The molecule has 0 amide bonds. The van der Waals surface area contributed by atoms with Crippen LogP contribution in [0.1, 0.15) is 0 Å². The third-order valence-corrected chi connectivity index (χ3v) is 7.29. The van der Waals surface area contributed by atoms with Crippen molar-refractivity contribution in [3.63, 3.8) is 0 Å². The zero-order chi connectivity index (χ0) is 24.1. The highest BCUT2D eigenvalue weighted by Crippen LogP contribution is 2.41. The van der Waals surface area contributed by atoms with Crippen LogP contribution in [-0.2, 0) is 0 Å². The highest BCUT2D eigenvalue weighted by atomic mass is 35.5. The van der Waals surface area contributed by atoms with Crippen LogP contribution in [0.3, 0.4) is 0 Å². The first-order valence-corrected chi connectivity index (χ1v) is 12.5. The summed E-state index contributed by atoms with van der Waals surface area (Å²) in [5, 5.41) is 5.76. The highest BCUT2D eigenvalue weighted by Gasteiger charge is 2.19. The molecule has 2 heteroatoms. The van der Waals surface area contributed by atoms with Gasteiger partial charge in [-0.1, -0.05) is 109 Å². The summed E-state index contributed by atoms with van der Waals surface area (Å²) in [5.41, 5.74) is 8.29. The first-order chi connectivity index (χ1) is 17.8. The maximum atomic E-state index is 6.24. The molecule has 0 unspecified atom stereocenters. The molecule has 36 heavy (non-hydrogen) atoms. The summed E-state index contributed by atoms with van der Waals surface area (Å²) in [7, 11) is 0. The van der Waals surface area contributed by atoms with Crippen molar-refractivity contribution in [3.05, 3.63) is 138 Å². The van der Waals surface area contributed by atoms with Crippen molar-refractivity contribution >= 4 is 44.2 Å². The smallest absolute Gasteiger partial charge is 0.0547 e. The lowest BCUT2D eigenvalue weighted by Crippen LogP contribution is -1.99. The van der Waals surface area contributed by atoms with E-state index in [1.165, 1.54) is 49.3 Å². The Hall–Kier alpha value is -4.33. The second-order valence-corrected chi connectivity index (χ2v) is 9.58. The summed E-state index contributed by atoms with van der Waals surface area (Å²) in [6.45, 7) is 0. The van der Waals surface area contributed by atoms with Crippen molar-refractivity contribution in [1.82, 2.24) is 4.57 Å². The predicted molar refractivity (Wildman–Crippen MR) is 154 cm³/mol. The average Bonchev–Trinajstić information content (AvgIpc) is 3.25. The van der Waals surface area contributed by atoms with E-state index in [4.69, 9.17) is 11.6 Å². The van der Waals surface area contributed by atoms with E-state index in [0.29, 0.717) is 0 Å². The Morgan fingerprint density at radius 1 is 0.472 bits per heavy atom. The van der Waals surface area contributed by atoms with Gasteiger partial charge in [-0.15, -0.1) is 0 Å². The van der Waals surface area contributed by atoms with E-state index in [-0.39, 0.29) is 0 Å². The van der Waals surface area contributed by atoms with Crippen LogP contribution in [-0.4, -0.2) is 4.57 Å². The Labute approximate surface area is 214 Å². The first-order valence-electron chi connectivity index (χ1n) is 12.1. The molecule has 0 spiro atoms. The molecule has 0 bridgehead atoms. The van der Waals surface area contributed by atoms with E-state index in [9.17, 15) is 0 Å². The molecule has 1 nitrogen and oxygen atoms in total. The summed E-state index contributed by atoms with van der Waals surface area (Å²) >= 11 is 6.24. The van der Waals surface area contributed by atoms with Crippen molar-refractivity contribution in [3.8, 4) is 27.9 Å². The van der Waals surface area contributed by atoms with Gasteiger partial charge in [0.2, 0.25) is 0 Å². The molecule has 0 aliphatic rings. The van der Waals surface area contributed by atoms with Gasteiger partial charge in [-0.25, -0.2) is 0 Å². The van der Waals surface area contributed by atoms with Gasteiger partial charge in [0, 0.05) is 21.4 Å². The molecule has 0 aliphatic heterocycles. The van der Waals surface area contributed by atoms with Gasteiger partial charge in [-0.3, -0.25) is 0 Å². The Morgan fingerprint density at radius 2 is 1.17 bits per heavy atom. The van der Waals surface area contributed by atoms with E-state index in [0.717, 1.165) is 16.3 Å². The largest absolute Gasteiger partial charge is 0.309 e. The van der Waals surface area contributed by atoms with Gasteiger partial charge in [-0.2, -0.15) is 0 Å². The summed E-state index contributed by atoms with van der Waals surface area (Å²) in [4.78, 5) is 0. The molecule has 0 N–H and O–H groups in total. The summed E-state index contributed by atoms with van der Waals surface area (Å²) in [6, 6.07) is 47.4. The van der Waals surface area contributed by atoms with Crippen molar-refractivity contribution in [1.29, 1.82) is 0 Å². The number of rotatable bonds is 3. The van der Waals surface area contributed by atoms with Gasteiger partial charge < -0.3 is 4.57 Å². The lowest BCUT2D eigenvalue weighted by Gasteiger charge is -2.18. The fraction of sp³-hybridized carbons (Fsp3) is 0. The van der Waals surface area contributed by atoms with Crippen molar-refractivity contribution in [2.24, 2.45) is 0 Å². The van der Waals surface area contributed by atoms with Crippen LogP contribution in [0.4, 0.5) is 0 Å². The molecule has 0 fully saturated rings. The van der Waals surface area contributed by atoms with Gasteiger partial charge in [0.1, 0.15) is 0 Å². The molecule has 0 radical (unpaired) electrons. The highest BCUT2D eigenvalue weighted by molar-refractivity contribution is 6.30. The van der Waals surface area contributed by atoms with Gasteiger partial charge in [0.25, 0.3) is 0 Å². The van der Waals surface area contributed by atoms with Crippen LogP contribution in [0.15, 0.2) is 133 Å². The van der Waals surface area contributed by atoms with Crippen LogP contribution in [0.2, 0.25) is 5.02 Å². The molecule has 1 aromatic heterocycles. The zero-order valence-corrected chi connectivity index (χ0v) is 20.3. The van der Waals surface area contributed by atoms with E-state index >= 15 is 0 Å². The molecule has 0 aliphatic carbocycles. The Balaban J connectivity index is 1.63. The minimum Gasteiger partial charge on any atom is -0.309 e. The summed E-state index contributed by atoms with van der Waals surface area (Å²) in [5.74, 6) is 0. The molecule has 7 aromatic rings. The summed E-state index contributed by atoms with van der Waals surface area (Å²) in [6.07, 6.45) is 0. The molecule has 1 heterocycles. The quantitative estimate of drug-likeness (QED) is 0.237. The fourth-order valence-electron chi connectivity index (χ4n) is 5.42. The van der Waals surface area contributed by atoms with Crippen LogP contribution in [0.25, 0.3) is 60.5 Å². The lowest BCUT2D eigenvalue weighted by atomic mass is 9.92. The van der Waals surface area contributed by atoms with E-state index < -0.39 is 0 Å². The number of benzene rings is 6. The third-order valence-electron chi connectivity index (χ3n) is 7.04. The number of para-hydroxylation sites is 1. The lowest BCUT2D eigenvalue weighted by molar-refractivity contribution is 1.18. The average molecular weight is 480 g/mol. The van der Waals surface area contributed by atoms with Crippen molar-refractivity contribution in [2.45, 2.75) is 0 Å². The van der Waals surface area contributed by atoms with Crippen LogP contribution in [0, 0.1) is 0 Å². The van der Waals surface area contributed by atoms with Crippen molar-refractivity contribution in [2.75, 3.05) is 0 Å². The second-order valence-electron chi connectivity index (χ2n) is 9.14. The molecular formula is C34H22ClN. The summed E-state index contributed by atoms with van der Waals surface area (Å²) < 4.78 is 2.43. The number of nitrogens with zero attached hydrogens (tertiary/aromatic N) is 1. The fourth-order valence-corrected chi connectivity index (χ4v) is 5.55. The standard InChI is InChI=1S/C34H22ClN/c35-27-19-17-23(18-20-27)28-14-8-16-32(34(28)24-9-2-1-3-10-24)36-31-15-7-6-13-29(31)30-21-25-11-4-5-12-26(25)22-33(30)36/h1-22H. The SMILES string of the molecule is Clc1ccc(-c2cccc(-n3c4ccccc4c4cc5ccccc5cc43)c2-c2ccccc2)cc1. The molecule has 7 rings (SSSR count). The number of aromatic nitrogens is 1. The molecular weight excluding hydrogens is 458 g/mol. The minimum absolute atomic E-state index is 0.741. The Morgan fingerprint density at radius 3 is 1.97 bits per heavy atom. The molecule has 0 atom stereocenters. The third kappa shape index (κ3) is 3.32. The van der Waals surface area contributed by atoms with Gasteiger partial charge in [-0.05, 0) is 63.9 Å². The number of fused-ring (bicyclic) bond motifs is 4. The molecule has 0 saturated carbocycles. The predicted octanol–water partition coefficient (Wildman–Crippen LogP) is 9.92. The zero-order valence-electron chi connectivity index (χ0n) is 19.5. The van der Waals surface area contributed by atoms with E-state index in [1.54, 1.807) is 0 Å². The van der Waals surface area contributed by atoms with Crippen molar-refractivity contribution < 1.29 is 0 Å². The maximum absolute atomic E-state index is 6.24. The van der Waals surface area contributed by atoms with Crippen LogP contribution >= 0.6 is 11.6 Å². The molecule has 6 aromatic carbocycles. The Kier molecular flexibility index (Phi) is 4.90. The van der Waals surface area contributed by atoms with Crippen LogP contribution < -0.4 is 0 Å². The van der Waals surface area contributed by atoms with Crippen LogP contribution in [0.5, 0.6) is 0 Å². The molecule has 0 saturated heterocycles. The normalized spacial score (nSPS) is 11.5. The van der Waals surface area contributed by atoms with Gasteiger partial charge in [0.05, 0.1) is 16.7 Å². The topological polar surface area (TPSA) is 4.93 Å². The minimum atomic E-state index is 0.741.